The smallest absolute Gasteiger partial charge is 0.394 e. The third-order valence-electron chi connectivity index (χ3n) is 0.867. The van der Waals surface area contributed by atoms with Crippen molar-refractivity contribution in [3.8, 4) is 0 Å². The van der Waals surface area contributed by atoms with Gasteiger partial charge in [-0.25, -0.2) is 13.7 Å². The summed E-state index contributed by atoms with van der Waals surface area (Å²) in [5, 5.41) is 8.45. The molecule has 0 aliphatic carbocycles. The SMILES string of the molecule is O=P(=O)OC(CO)COP(=O)(O)O. The molecule has 0 aromatic heterocycles. The second-order valence-corrected chi connectivity index (χ2v) is 3.82. The van der Waals surface area contributed by atoms with E-state index in [9.17, 15) is 13.7 Å². The van der Waals surface area contributed by atoms with E-state index in [2.05, 4.69) is 9.05 Å². The van der Waals surface area contributed by atoms with Crippen LogP contribution in [0.25, 0.3) is 0 Å². The lowest BCUT2D eigenvalue weighted by molar-refractivity contribution is 0.0608. The average molecular weight is 234 g/mol. The summed E-state index contributed by atoms with van der Waals surface area (Å²) in [6, 6.07) is 0. The van der Waals surface area contributed by atoms with Crippen LogP contribution in [-0.2, 0) is 22.7 Å². The molecule has 0 fully saturated rings. The van der Waals surface area contributed by atoms with E-state index < -0.39 is 35.0 Å². The van der Waals surface area contributed by atoms with Crippen molar-refractivity contribution < 1.29 is 37.6 Å². The van der Waals surface area contributed by atoms with Gasteiger partial charge in [0.25, 0.3) is 0 Å². The van der Waals surface area contributed by atoms with Crippen LogP contribution in [0.5, 0.6) is 0 Å². The average Bonchev–Trinajstić information content (AvgIpc) is 1.95. The highest BCUT2D eigenvalue weighted by molar-refractivity contribution is 7.46. The van der Waals surface area contributed by atoms with Crippen LogP contribution in [0.1, 0.15) is 0 Å². The second kappa shape index (κ2) is 5.62. The van der Waals surface area contributed by atoms with Crippen molar-refractivity contribution in [2.45, 2.75) is 6.10 Å². The van der Waals surface area contributed by atoms with Gasteiger partial charge in [-0.15, -0.1) is 0 Å². The minimum atomic E-state index is -4.66. The molecule has 1 atom stereocenters. The Morgan fingerprint density at radius 2 is 1.92 bits per heavy atom. The third kappa shape index (κ3) is 8.27. The second-order valence-electron chi connectivity index (χ2n) is 1.92. The Bertz CT molecular complexity index is 244. The number of rotatable bonds is 6. The van der Waals surface area contributed by atoms with Crippen molar-refractivity contribution in [3.05, 3.63) is 0 Å². The molecule has 13 heavy (non-hydrogen) atoms. The first kappa shape index (κ1) is 12.9. The first-order chi connectivity index (χ1) is 5.85. The molecule has 0 bridgehead atoms. The number of aliphatic hydroxyl groups is 1. The van der Waals surface area contributed by atoms with E-state index >= 15 is 0 Å². The van der Waals surface area contributed by atoms with Crippen LogP contribution in [-0.4, -0.2) is 34.2 Å². The zero-order valence-electron chi connectivity index (χ0n) is 6.27. The van der Waals surface area contributed by atoms with Crippen LogP contribution in [0, 0.1) is 0 Å². The highest BCUT2D eigenvalue weighted by Gasteiger charge is 2.19. The van der Waals surface area contributed by atoms with Gasteiger partial charge in [-0.05, 0) is 0 Å². The Morgan fingerprint density at radius 3 is 2.23 bits per heavy atom. The summed E-state index contributed by atoms with van der Waals surface area (Å²) in [6.07, 6.45) is -1.30. The molecule has 0 aliphatic heterocycles. The number of phosphoric ester groups is 1. The maximum atomic E-state index is 10.1. The zero-order chi connectivity index (χ0) is 10.5. The fourth-order valence-electron chi connectivity index (χ4n) is 0.418. The van der Waals surface area contributed by atoms with E-state index in [4.69, 9.17) is 14.9 Å². The summed E-state index contributed by atoms with van der Waals surface area (Å²) in [5.41, 5.74) is 0. The van der Waals surface area contributed by atoms with Crippen molar-refractivity contribution in [1.29, 1.82) is 0 Å². The van der Waals surface area contributed by atoms with Crippen LogP contribution in [0.4, 0.5) is 0 Å². The molecular formula is C3H8O8P2. The monoisotopic (exact) mass is 234 g/mol. The van der Waals surface area contributed by atoms with Gasteiger partial charge in [0.2, 0.25) is 0 Å². The fourth-order valence-corrected chi connectivity index (χ4v) is 1.15. The first-order valence-electron chi connectivity index (χ1n) is 2.97. The van der Waals surface area contributed by atoms with Crippen molar-refractivity contribution in [2.24, 2.45) is 0 Å². The van der Waals surface area contributed by atoms with Crippen LogP contribution in [0.2, 0.25) is 0 Å². The van der Waals surface area contributed by atoms with Gasteiger partial charge < -0.3 is 14.9 Å². The highest BCUT2D eigenvalue weighted by Crippen LogP contribution is 2.36. The predicted octanol–water partition coefficient (Wildman–Crippen LogP) is -0.439. The Labute approximate surface area is 73.6 Å². The summed E-state index contributed by atoms with van der Waals surface area (Å²) in [4.78, 5) is 16.4. The van der Waals surface area contributed by atoms with E-state index in [1.54, 1.807) is 0 Å². The van der Waals surface area contributed by atoms with Crippen LogP contribution < -0.4 is 0 Å². The van der Waals surface area contributed by atoms with E-state index in [0.29, 0.717) is 0 Å². The van der Waals surface area contributed by atoms with Crippen LogP contribution in [0.3, 0.4) is 0 Å². The van der Waals surface area contributed by atoms with Gasteiger partial charge >= 0.3 is 15.7 Å². The van der Waals surface area contributed by atoms with E-state index in [1.807, 2.05) is 0 Å². The standard InChI is InChI=1S/C3H8O8P2/c4-1-3(11-12(5)6)2-10-13(7,8)9/h3-4H,1-2H2,(H2,7,8,9). The Balaban J connectivity index is 3.93. The zero-order valence-corrected chi connectivity index (χ0v) is 8.06. The molecule has 0 aromatic rings. The van der Waals surface area contributed by atoms with Gasteiger partial charge in [0.1, 0.15) is 6.10 Å². The van der Waals surface area contributed by atoms with Gasteiger partial charge in [-0.1, -0.05) is 0 Å². The Hall–Kier alpha value is -0.0700. The molecule has 10 heteroatoms. The van der Waals surface area contributed by atoms with Crippen molar-refractivity contribution >= 4 is 15.7 Å². The maximum Gasteiger partial charge on any atom is 0.469 e. The Morgan fingerprint density at radius 1 is 1.38 bits per heavy atom. The van der Waals surface area contributed by atoms with Gasteiger partial charge in [0, 0.05) is 0 Å². The normalized spacial score (nSPS) is 14.1. The molecule has 0 radical (unpaired) electrons. The molecule has 8 nitrogen and oxygen atoms in total. The number of phosphoric acid groups is 1. The summed E-state index contributed by atoms with van der Waals surface area (Å²) < 4.78 is 37.9. The fraction of sp³-hybridized carbons (Fsp3) is 1.00. The molecular weight excluding hydrogens is 226 g/mol. The van der Waals surface area contributed by atoms with E-state index in [0.717, 1.165) is 0 Å². The summed E-state index contributed by atoms with van der Waals surface area (Å²) in [6.45, 7) is -1.42. The molecule has 0 heterocycles. The number of aliphatic hydroxyl groups excluding tert-OH is 1. The molecule has 0 aromatic carbocycles. The van der Waals surface area contributed by atoms with E-state index in [-0.39, 0.29) is 0 Å². The Kier molecular flexibility index (Phi) is 5.59. The minimum absolute atomic E-state index is 0.704. The summed E-state index contributed by atoms with van der Waals surface area (Å²) >= 11 is 0. The van der Waals surface area contributed by atoms with Crippen molar-refractivity contribution in [3.63, 3.8) is 0 Å². The molecule has 0 saturated heterocycles. The summed E-state index contributed by atoms with van der Waals surface area (Å²) in [5.74, 6) is 0. The topological polar surface area (TPSA) is 130 Å². The largest absolute Gasteiger partial charge is 0.469 e. The number of hydrogen-bond acceptors (Lipinski definition) is 6. The molecule has 0 aliphatic rings. The van der Waals surface area contributed by atoms with E-state index in [1.165, 1.54) is 0 Å². The van der Waals surface area contributed by atoms with Crippen molar-refractivity contribution in [1.82, 2.24) is 0 Å². The lowest BCUT2D eigenvalue weighted by Crippen LogP contribution is -2.20. The molecule has 3 N–H and O–H groups in total. The lowest BCUT2D eigenvalue weighted by Gasteiger charge is -2.10. The molecule has 78 valence electrons. The maximum absolute atomic E-state index is 10.1. The third-order valence-corrected chi connectivity index (χ3v) is 1.82. The van der Waals surface area contributed by atoms with Gasteiger partial charge in [-0.2, -0.15) is 0 Å². The van der Waals surface area contributed by atoms with Gasteiger partial charge in [0.05, 0.1) is 13.2 Å². The molecule has 0 rings (SSSR count). The molecule has 0 saturated carbocycles. The molecule has 1 unspecified atom stereocenters. The van der Waals surface area contributed by atoms with Gasteiger partial charge in [-0.3, -0.25) is 9.05 Å². The highest BCUT2D eigenvalue weighted by atomic mass is 31.2. The predicted molar refractivity (Wildman–Crippen MR) is 38.2 cm³/mol. The quantitative estimate of drug-likeness (QED) is 0.527. The lowest BCUT2D eigenvalue weighted by atomic mass is 10.4. The molecule has 0 spiro atoms. The first-order valence-corrected chi connectivity index (χ1v) is 5.60. The van der Waals surface area contributed by atoms with Crippen LogP contribution >= 0.6 is 15.7 Å². The minimum Gasteiger partial charge on any atom is -0.394 e. The molecule has 0 amide bonds. The van der Waals surface area contributed by atoms with Crippen LogP contribution in [0.15, 0.2) is 0 Å². The summed E-state index contributed by atoms with van der Waals surface area (Å²) in [7, 11) is -7.85. The van der Waals surface area contributed by atoms with Gasteiger partial charge in [0.15, 0.2) is 0 Å². The van der Waals surface area contributed by atoms with Crippen molar-refractivity contribution in [2.75, 3.05) is 13.2 Å². The number of hydrogen-bond donors (Lipinski definition) is 3.